The van der Waals surface area contributed by atoms with Crippen molar-refractivity contribution < 1.29 is 30.0 Å². The van der Waals surface area contributed by atoms with E-state index >= 15 is 0 Å². The number of Topliss-reactive ketones (excluding diaryl/α,β-unsaturated/α-hetero) is 1. The third-order valence-corrected chi connectivity index (χ3v) is 4.64. The van der Waals surface area contributed by atoms with E-state index in [0.29, 0.717) is 18.6 Å². The number of aliphatic carboxylic acids is 1. The van der Waals surface area contributed by atoms with Crippen LogP contribution >= 0.6 is 0 Å². The molecule has 4 N–H and O–H groups in total. The maximum absolute atomic E-state index is 11.7. The summed E-state index contributed by atoms with van der Waals surface area (Å²) < 4.78 is 0. The molecule has 0 aliphatic rings. The van der Waals surface area contributed by atoms with Crippen molar-refractivity contribution >= 4 is 11.8 Å². The zero-order valence-electron chi connectivity index (χ0n) is 16.7. The smallest absolute Gasteiger partial charge is 0.309 e. The van der Waals surface area contributed by atoms with Gasteiger partial charge in [0.25, 0.3) is 0 Å². The molecule has 0 bridgehead atoms. The highest BCUT2D eigenvalue weighted by atomic mass is 16.5. The number of aliphatic hydroxyl groups is 3. The third-order valence-electron chi connectivity index (χ3n) is 4.64. The molecule has 0 aliphatic carbocycles. The molecule has 0 heterocycles. The zero-order valence-corrected chi connectivity index (χ0v) is 16.7. The van der Waals surface area contributed by atoms with Crippen molar-refractivity contribution in [1.29, 1.82) is 0 Å². The van der Waals surface area contributed by atoms with Gasteiger partial charge in [0.2, 0.25) is 0 Å². The lowest BCUT2D eigenvalue weighted by atomic mass is 9.97. The molecule has 6 nitrogen and oxygen atoms in total. The summed E-state index contributed by atoms with van der Waals surface area (Å²) in [6.45, 7) is 1.54. The predicted octanol–water partition coefficient (Wildman–Crippen LogP) is 3.58. The molecule has 27 heavy (non-hydrogen) atoms. The summed E-state index contributed by atoms with van der Waals surface area (Å²) in [6.07, 6.45) is 13.7. The van der Waals surface area contributed by atoms with Crippen molar-refractivity contribution in [2.75, 3.05) is 6.61 Å². The summed E-state index contributed by atoms with van der Waals surface area (Å²) in [4.78, 5) is 22.5. The Bertz CT molecular complexity index is 430. The van der Waals surface area contributed by atoms with Crippen LogP contribution < -0.4 is 0 Å². The molecule has 0 saturated carbocycles. The van der Waals surface area contributed by atoms with Crippen LogP contribution in [0.1, 0.15) is 90.4 Å². The van der Waals surface area contributed by atoms with Gasteiger partial charge in [-0.2, -0.15) is 0 Å². The summed E-state index contributed by atoms with van der Waals surface area (Å²) in [6, 6.07) is 0. The molecule has 0 aromatic carbocycles. The first kappa shape index (κ1) is 25.8. The van der Waals surface area contributed by atoms with Crippen LogP contribution in [0, 0.1) is 5.92 Å². The van der Waals surface area contributed by atoms with Crippen molar-refractivity contribution in [3.8, 4) is 0 Å². The Hall–Kier alpha value is -1.24. The number of carboxylic acid groups (broad SMARTS) is 1. The van der Waals surface area contributed by atoms with Crippen LogP contribution in [0.2, 0.25) is 0 Å². The average molecular weight is 387 g/mol. The van der Waals surface area contributed by atoms with E-state index in [9.17, 15) is 19.8 Å². The normalized spacial score (nSPS) is 13.2. The van der Waals surface area contributed by atoms with E-state index in [4.69, 9.17) is 10.2 Å². The minimum absolute atomic E-state index is 0.0662. The van der Waals surface area contributed by atoms with Gasteiger partial charge in [0.1, 0.15) is 5.78 Å². The highest BCUT2D eigenvalue weighted by Crippen LogP contribution is 2.19. The number of ketones is 1. The molecule has 158 valence electrons. The van der Waals surface area contributed by atoms with Gasteiger partial charge in [0, 0.05) is 25.7 Å². The molecule has 0 aromatic rings. The van der Waals surface area contributed by atoms with E-state index in [1.54, 1.807) is 6.08 Å². The average Bonchev–Trinajstić information content (AvgIpc) is 2.61. The molecule has 0 aromatic heterocycles. The molecule has 0 rings (SSSR count). The van der Waals surface area contributed by atoms with Crippen LogP contribution in [-0.2, 0) is 9.59 Å². The van der Waals surface area contributed by atoms with Crippen LogP contribution in [0.25, 0.3) is 0 Å². The molecule has 0 saturated heterocycles. The molecule has 0 spiro atoms. The lowest BCUT2D eigenvalue weighted by Gasteiger charge is -2.23. The van der Waals surface area contributed by atoms with Crippen LogP contribution in [0.15, 0.2) is 12.2 Å². The molecule has 1 atom stereocenters. The first-order chi connectivity index (χ1) is 12.8. The van der Waals surface area contributed by atoms with Crippen molar-refractivity contribution in [1.82, 2.24) is 0 Å². The maximum atomic E-state index is 11.7. The molecule has 0 aliphatic heterocycles. The van der Waals surface area contributed by atoms with Gasteiger partial charge in [-0.1, -0.05) is 51.2 Å². The number of carbonyl (C=O) groups is 2. The standard InChI is InChI=1S/C21H38O6/c1-2-3-4-10-13-19(23)14-11-8-6-5-7-9-12-15-21(26,27)16-18(17-22)20(24)25/h9,12,18,22,26-27H,2-8,10-11,13-17H2,1H3,(H,24,25)/b12-9+. The number of carboxylic acids is 1. The number of aliphatic hydroxyl groups excluding tert-OH is 1. The van der Waals surface area contributed by atoms with E-state index in [-0.39, 0.29) is 6.42 Å². The fourth-order valence-corrected chi connectivity index (χ4v) is 2.91. The van der Waals surface area contributed by atoms with Crippen molar-refractivity contribution in [2.24, 2.45) is 5.92 Å². The number of hydrogen-bond donors (Lipinski definition) is 4. The highest BCUT2D eigenvalue weighted by molar-refractivity contribution is 5.78. The van der Waals surface area contributed by atoms with Crippen LogP contribution in [0.4, 0.5) is 0 Å². The summed E-state index contributed by atoms with van der Waals surface area (Å²) >= 11 is 0. The summed E-state index contributed by atoms with van der Waals surface area (Å²) in [5.74, 6) is -4.17. The second-order valence-corrected chi connectivity index (χ2v) is 7.38. The molecule has 6 heteroatoms. The Morgan fingerprint density at radius 2 is 1.52 bits per heavy atom. The Morgan fingerprint density at radius 1 is 0.926 bits per heavy atom. The van der Waals surface area contributed by atoms with E-state index in [2.05, 4.69) is 6.92 Å². The Morgan fingerprint density at radius 3 is 2.07 bits per heavy atom. The van der Waals surface area contributed by atoms with Crippen LogP contribution in [0.3, 0.4) is 0 Å². The quantitative estimate of drug-likeness (QED) is 0.163. The van der Waals surface area contributed by atoms with Crippen molar-refractivity contribution in [3.63, 3.8) is 0 Å². The molecule has 0 radical (unpaired) electrons. The summed E-state index contributed by atoms with van der Waals surface area (Å²) in [5.41, 5.74) is 0. The van der Waals surface area contributed by atoms with Gasteiger partial charge in [0.05, 0.1) is 12.5 Å². The van der Waals surface area contributed by atoms with Gasteiger partial charge >= 0.3 is 5.97 Å². The second kappa shape index (κ2) is 15.8. The molecular weight excluding hydrogens is 348 g/mol. The lowest BCUT2D eigenvalue weighted by Crippen LogP contribution is -2.34. The Balaban J connectivity index is 3.69. The van der Waals surface area contributed by atoms with Gasteiger partial charge in [-0.3, -0.25) is 9.59 Å². The van der Waals surface area contributed by atoms with Gasteiger partial charge in [-0.15, -0.1) is 0 Å². The lowest BCUT2D eigenvalue weighted by molar-refractivity contribution is -0.181. The van der Waals surface area contributed by atoms with Crippen molar-refractivity contribution in [3.05, 3.63) is 12.2 Å². The topological polar surface area (TPSA) is 115 Å². The summed E-state index contributed by atoms with van der Waals surface area (Å²) in [5, 5.41) is 37.3. The van der Waals surface area contributed by atoms with Gasteiger partial charge < -0.3 is 20.4 Å². The molecule has 0 fully saturated rings. The minimum atomic E-state index is -2.13. The number of rotatable bonds is 18. The first-order valence-corrected chi connectivity index (χ1v) is 10.3. The fourth-order valence-electron chi connectivity index (χ4n) is 2.91. The van der Waals surface area contributed by atoms with E-state index in [0.717, 1.165) is 44.9 Å². The Labute approximate surface area is 163 Å². The number of carbonyl (C=O) groups excluding carboxylic acids is 1. The highest BCUT2D eigenvalue weighted by Gasteiger charge is 2.30. The fraction of sp³-hybridized carbons (Fsp3) is 0.810. The largest absolute Gasteiger partial charge is 0.481 e. The number of hydrogen-bond acceptors (Lipinski definition) is 5. The SMILES string of the molecule is CCCCCCC(=O)CCCCCC/C=C/CC(O)(O)CC(CO)C(=O)O. The minimum Gasteiger partial charge on any atom is -0.481 e. The van der Waals surface area contributed by atoms with E-state index < -0.39 is 30.7 Å². The first-order valence-electron chi connectivity index (χ1n) is 10.3. The van der Waals surface area contributed by atoms with Crippen LogP contribution in [0.5, 0.6) is 0 Å². The maximum Gasteiger partial charge on any atom is 0.309 e. The number of allylic oxidation sites excluding steroid dienone is 1. The van der Waals surface area contributed by atoms with E-state index in [1.165, 1.54) is 12.8 Å². The number of unbranched alkanes of at least 4 members (excludes halogenated alkanes) is 7. The summed E-state index contributed by atoms with van der Waals surface area (Å²) in [7, 11) is 0. The molecule has 0 amide bonds. The van der Waals surface area contributed by atoms with Gasteiger partial charge in [-0.05, 0) is 25.7 Å². The van der Waals surface area contributed by atoms with Crippen molar-refractivity contribution in [2.45, 2.75) is 96.2 Å². The predicted molar refractivity (Wildman–Crippen MR) is 105 cm³/mol. The van der Waals surface area contributed by atoms with Gasteiger partial charge in [-0.25, -0.2) is 0 Å². The second-order valence-electron chi connectivity index (χ2n) is 7.38. The Kier molecular flexibility index (Phi) is 15.1. The third kappa shape index (κ3) is 15.5. The molecular formula is C21H38O6. The monoisotopic (exact) mass is 386 g/mol. The van der Waals surface area contributed by atoms with Gasteiger partial charge in [0.15, 0.2) is 5.79 Å². The van der Waals surface area contributed by atoms with Crippen LogP contribution in [-0.4, -0.2) is 44.6 Å². The molecule has 1 unspecified atom stereocenters. The van der Waals surface area contributed by atoms with E-state index in [1.807, 2.05) is 6.08 Å². The zero-order chi connectivity index (χ0) is 20.5.